The van der Waals surface area contributed by atoms with Gasteiger partial charge in [0.15, 0.2) is 0 Å². The summed E-state index contributed by atoms with van der Waals surface area (Å²) >= 11 is 1.61. The van der Waals surface area contributed by atoms with E-state index in [4.69, 9.17) is 0 Å². The first-order chi connectivity index (χ1) is 12.2. The van der Waals surface area contributed by atoms with Gasteiger partial charge in [-0.05, 0) is 43.3 Å². The topological polar surface area (TPSA) is 67.8 Å². The molecule has 2 aromatic carbocycles. The normalized spacial score (nSPS) is 11.4. The number of rotatable bonds is 3. The van der Waals surface area contributed by atoms with E-state index in [0.29, 0.717) is 5.69 Å². The van der Waals surface area contributed by atoms with Crippen LogP contribution in [-0.2, 0) is 4.79 Å². The summed E-state index contributed by atoms with van der Waals surface area (Å²) < 4.78 is 1.06. The highest BCUT2D eigenvalue weighted by molar-refractivity contribution is 7.18. The smallest absolute Gasteiger partial charge is 0.248 e. The number of fused-ring (bicyclic) bond motifs is 2. The van der Waals surface area contributed by atoms with E-state index < -0.39 is 0 Å². The molecule has 25 heavy (non-hydrogen) atoms. The first-order valence-corrected chi connectivity index (χ1v) is 8.57. The standard InChI is InChI=1S/C19H14N4OS/c1-12-21-17-8-6-13(10-18(17)25-12)23-19(24)9-7-14-11-20-15-4-2-3-5-16(15)22-14/h2-11H,1H3,(H,23,24)/b9-7+. The second kappa shape index (κ2) is 6.41. The summed E-state index contributed by atoms with van der Waals surface area (Å²) in [5, 5.41) is 3.86. The van der Waals surface area contributed by atoms with Gasteiger partial charge in [0.1, 0.15) is 0 Å². The summed E-state index contributed by atoms with van der Waals surface area (Å²) in [6.07, 6.45) is 4.77. The van der Waals surface area contributed by atoms with Crippen molar-refractivity contribution in [3.63, 3.8) is 0 Å². The highest BCUT2D eigenvalue weighted by Gasteiger charge is 2.04. The van der Waals surface area contributed by atoms with Crippen molar-refractivity contribution in [1.29, 1.82) is 0 Å². The fourth-order valence-corrected chi connectivity index (χ4v) is 3.38. The van der Waals surface area contributed by atoms with E-state index in [0.717, 1.165) is 31.9 Å². The van der Waals surface area contributed by atoms with E-state index in [2.05, 4.69) is 20.3 Å². The van der Waals surface area contributed by atoms with Gasteiger partial charge in [0, 0.05) is 11.8 Å². The van der Waals surface area contributed by atoms with Crippen LogP contribution >= 0.6 is 11.3 Å². The number of hydrogen-bond acceptors (Lipinski definition) is 5. The van der Waals surface area contributed by atoms with Crippen LogP contribution < -0.4 is 5.32 Å². The minimum atomic E-state index is -0.212. The molecule has 0 fully saturated rings. The van der Waals surface area contributed by atoms with E-state index in [-0.39, 0.29) is 5.91 Å². The Bertz CT molecular complexity index is 1120. The Labute approximate surface area is 148 Å². The number of aromatic nitrogens is 3. The molecule has 122 valence electrons. The third-order valence-electron chi connectivity index (χ3n) is 3.64. The molecule has 0 aliphatic rings. The molecule has 0 bridgehead atoms. The van der Waals surface area contributed by atoms with E-state index in [1.165, 1.54) is 6.08 Å². The van der Waals surface area contributed by atoms with Crippen LogP contribution in [0.1, 0.15) is 10.7 Å². The zero-order valence-electron chi connectivity index (χ0n) is 13.4. The number of benzene rings is 2. The van der Waals surface area contributed by atoms with Crippen LogP contribution in [0.15, 0.2) is 54.7 Å². The average Bonchev–Trinajstić information content (AvgIpc) is 2.99. The Morgan fingerprint density at radius 1 is 1.08 bits per heavy atom. The van der Waals surface area contributed by atoms with Crippen LogP contribution in [0, 0.1) is 6.92 Å². The van der Waals surface area contributed by atoms with E-state index in [1.54, 1.807) is 23.6 Å². The van der Waals surface area contributed by atoms with Crippen LogP contribution in [0.4, 0.5) is 5.69 Å². The van der Waals surface area contributed by atoms with Crippen LogP contribution in [0.3, 0.4) is 0 Å². The van der Waals surface area contributed by atoms with Gasteiger partial charge in [-0.2, -0.15) is 0 Å². The minimum absolute atomic E-state index is 0.212. The second-order valence-electron chi connectivity index (χ2n) is 5.52. The third kappa shape index (κ3) is 3.39. The van der Waals surface area contributed by atoms with Gasteiger partial charge in [0.25, 0.3) is 0 Å². The number of amides is 1. The molecule has 0 saturated heterocycles. The Kier molecular flexibility index (Phi) is 3.95. The van der Waals surface area contributed by atoms with Crippen molar-refractivity contribution in [2.45, 2.75) is 6.92 Å². The zero-order valence-corrected chi connectivity index (χ0v) is 14.2. The van der Waals surface area contributed by atoms with Crippen LogP contribution in [0.5, 0.6) is 0 Å². The van der Waals surface area contributed by atoms with E-state index in [9.17, 15) is 4.79 Å². The van der Waals surface area contributed by atoms with E-state index in [1.807, 2.05) is 49.4 Å². The average molecular weight is 346 g/mol. The summed E-state index contributed by atoms with van der Waals surface area (Å²) in [4.78, 5) is 25.3. The summed E-state index contributed by atoms with van der Waals surface area (Å²) in [5.41, 5.74) is 3.97. The summed E-state index contributed by atoms with van der Waals surface area (Å²) in [6.45, 7) is 1.97. The lowest BCUT2D eigenvalue weighted by atomic mass is 10.2. The quantitative estimate of drug-likeness (QED) is 0.565. The lowest BCUT2D eigenvalue weighted by Crippen LogP contribution is -2.07. The maximum Gasteiger partial charge on any atom is 0.248 e. The highest BCUT2D eigenvalue weighted by atomic mass is 32.1. The van der Waals surface area contributed by atoms with Gasteiger partial charge in [0.2, 0.25) is 5.91 Å². The number of para-hydroxylation sites is 2. The van der Waals surface area contributed by atoms with Crippen molar-refractivity contribution in [2.24, 2.45) is 0 Å². The van der Waals surface area contributed by atoms with Crippen LogP contribution in [0.2, 0.25) is 0 Å². The van der Waals surface area contributed by atoms with E-state index >= 15 is 0 Å². The monoisotopic (exact) mass is 346 g/mol. The van der Waals surface area contributed by atoms with Crippen molar-refractivity contribution in [3.05, 3.63) is 65.4 Å². The molecule has 0 radical (unpaired) electrons. The number of nitrogens with one attached hydrogen (secondary N) is 1. The van der Waals surface area contributed by atoms with Crippen molar-refractivity contribution in [3.8, 4) is 0 Å². The molecule has 0 aliphatic heterocycles. The van der Waals surface area contributed by atoms with Crippen LogP contribution in [-0.4, -0.2) is 20.9 Å². The Morgan fingerprint density at radius 2 is 1.92 bits per heavy atom. The number of carbonyl (C=O) groups excluding carboxylic acids is 1. The SMILES string of the molecule is Cc1nc2ccc(NC(=O)/C=C/c3cnc4ccccc4n3)cc2s1. The number of hydrogen-bond donors (Lipinski definition) is 1. The lowest BCUT2D eigenvalue weighted by molar-refractivity contribution is -0.111. The summed E-state index contributed by atoms with van der Waals surface area (Å²) in [6, 6.07) is 13.3. The van der Waals surface area contributed by atoms with Crippen LogP contribution in [0.25, 0.3) is 27.3 Å². The molecular formula is C19H14N4OS. The van der Waals surface area contributed by atoms with Gasteiger partial charge >= 0.3 is 0 Å². The largest absolute Gasteiger partial charge is 0.322 e. The zero-order chi connectivity index (χ0) is 17.2. The lowest BCUT2D eigenvalue weighted by Gasteiger charge is -2.02. The fourth-order valence-electron chi connectivity index (χ4n) is 2.51. The number of thiazole rings is 1. The third-order valence-corrected chi connectivity index (χ3v) is 4.57. The molecule has 0 atom stereocenters. The first kappa shape index (κ1) is 15.4. The molecular weight excluding hydrogens is 332 g/mol. The molecule has 2 heterocycles. The maximum atomic E-state index is 12.1. The maximum absolute atomic E-state index is 12.1. The molecule has 4 aromatic rings. The van der Waals surface area contributed by atoms with Gasteiger partial charge < -0.3 is 5.32 Å². The molecule has 5 nitrogen and oxygen atoms in total. The molecule has 0 aliphatic carbocycles. The summed E-state index contributed by atoms with van der Waals surface area (Å²) in [5.74, 6) is -0.212. The molecule has 6 heteroatoms. The highest BCUT2D eigenvalue weighted by Crippen LogP contribution is 2.24. The Morgan fingerprint density at radius 3 is 2.80 bits per heavy atom. The van der Waals surface area contributed by atoms with Crippen molar-refractivity contribution < 1.29 is 4.79 Å². The number of aryl methyl sites for hydroxylation is 1. The van der Waals surface area contributed by atoms with Crippen molar-refractivity contribution >= 4 is 50.3 Å². The first-order valence-electron chi connectivity index (χ1n) is 7.75. The molecule has 1 N–H and O–H groups in total. The molecule has 0 spiro atoms. The fraction of sp³-hybridized carbons (Fsp3) is 0.0526. The van der Waals surface area contributed by atoms with Gasteiger partial charge in [-0.15, -0.1) is 11.3 Å². The number of carbonyl (C=O) groups is 1. The second-order valence-corrected chi connectivity index (χ2v) is 6.76. The number of nitrogens with zero attached hydrogens (tertiary/aromatic N) is 3. The molecule has 4 rings (SSSR count). The summed E-state index contributed by atoms with van der Waals surface area (Å²) in [7, 11) is 0. The molecule has 2 aromatic heterocycles. The minimum Gasteiger partial charge on any atom is -0.322 e. The van der Waals surface area contributed by atoms with Crippen molar-refractivity contribution in [1.82, 2.24) is 15.0 Å². The van der Waals surface area contributed by atoms with Gasteiger partial charge in [-0.25, -0.2) is 9.97 Å². The van der Waals surface area contributed by atoms with Gasteiger partial charge in [-0.1, -0.05) is 12.1 Å². The van der Waals surface area contributed by atoms with Gasteiger partial charge in [-0.3, -0.25) is 9.78 Å². The Hall–Kier alpha value is -3.12. The molecule has 0 unspecified atom stereocenters. The van der Waals surface area contributed by atoms with Gasteiger partial charge in [0.05, 0.1) is 38.1 Å². The molecule has 0 saturated carbocycles. The number of anilines is 1. The van der Waals surface area contributed by atoms with Crippen molar-refractivity contribution in [2.75, 3.05) is 5.32 Å². The predicted molar refractivity (Wildman–Crippen MR) is 102 cm³/mol. The predicted octanol–water partition coefficient (Wildman–Crippen LogP) is 4.20. The Balaban J connectivity index is 1.50. The molecule has 1 amide bonds.